The number of carbonyl (C=O) groups excluding carboxylic acids is 1. The molecule has 1 aromatic carbocycles. The molecule has 0 radical (unpaired) electrons. The molecule has 0 unspecified atom stereocenters. The smallest absolute Gasteiger partial charge is 0.261 e. The summed E-state index contributed by atoms with van der Waals surface area (Å²) in [6, 6.07) is 12.0. The van der Waals surface area contributed by atoms with Gasteiger partial charge in [-0.1, -0.05) is 12.1 Å². The number of hydrogen-bond donors (Lipinski definition) is 3. The van der Waals surface area contributed by atoms with Gasteiger partial charge >= 0.3 is 0 Å². The Morgan fingerprint density at radius 2 is 2.07 bits per heavy atom. The number of rotatable bonds is 5. The normalized spacial score (nSPS) is 10.7. The van der Waals surface area contributed by atoms with Crippen molar-refractivity contribution in [3.05, 3.63) is 78.4 Å². The fourth-order valence-corrected chi connectivity index (χ4v) is 2.60. The van der Waals surface area contributed by atoms with Crippen molar-refractivity contribution in [3.63, 3.8) is 0 Å². The van der Waals surface area contributed by atoms with Crippen molar-refractivity contribution >= 4 is 23.1 Å². The molecule has 3 aromatic heterocycles. The number of phenolic OH excluding ortho intramolecular Hbond substituents is 1. The Kier molecular flexibility index (Phi) is 4.36. The molecule has 0 fully saturated rings. The number of phenols is 1. The number of aromatic nitrogens is 4. The molecule has 0 saturated carbocycles. The van der Waals surface area contributed by atoms with Crippen molar-refractivity contribution < 1.29 is 9.90 Å². The van der Waals surface area contributed by atoms with Crippen LogP contribution in [-0.4, -0.2) is 30.6 Å². The molecule has 0 atom stereocenters. The molecule has 3 heterocycles. The highest BCUT2D eigenvalue weighted by Gasteiger charge is 2.15. The summed E-state index contributed by atoms with van der Waals surface area (Å²) >= 11 is 0. The summed E-state index contributed by atoms with van der Waals surface area (Å²) in [7, 11) is 0. The van der Waals surface area contributed by atoms with E-state index < -0.39 is 0 Å². The van der Waals surface area contributed by atoms with Crippen LogP contribution in [0.4, 0.5) is 11.5 Å². The summed E-state index contributed by atoms with van der Waals surface area (Å²) in [5, 5.41) is 19.6. The Morgan fingerprint density at radius 1 is 1.15 bits per heavy atom. The molecular formula is C19H16N6O2. The second-order valence-electron chi connectivity index (χ2n) is 5.86. The average molecular weight is 360 g/mol. The fourth-order valence-electron chi connectivity index (χ4n) is 2.60. The van der Waals surface area contributed by atoms with Gasteiger partial charge in [0.05, 0.1) is 6.20 Å². The lowest BCUT2D eigenvalue weighted by Crippen LogP contribution is -2.12. The highest BCUT2D eigenvalue weighted by atomic mass is 16.3. The molecule has 8 heteroatoms. The molecule has 0 aliphatic heterocycles. The van der Waals surface area contributed by atoms with E-state index in [4.69, 9.17) is 0 Å². The second kappa shape index (κ2) is 7.12. The number of fused-ring (bicyclic) bond motifs is 1. The van der Waals surface area contributed by atoms with Gasteiger partial charge in [-0.2, -0.15) is 5.10 Å². The Morgan fingerprint density at radius 3 is 2.89 bits per heavy atom. The number of amides is 1. The van der Waals surface area contributed by atoms with E-state index in [0.717, 1.165) is 5.56 Å². The fraction of sp³-hybridized carbons (Fsp3) is 0.0526. The average Bonchev–Trinajstić information content (AvgIpc) is 3.10. The van der Waals surface area contributed by atoms with E-state index in [2.05, 4.69) is 25.7 Å². The van der Waals surface area contributed by atoms with Crippen LogP contribution in [0.5, 0.6) is 5.75 Å². The van der Waals surface area contributed by atoms with E-state index in [9.17, 15) is 9.90 Å². The van der Waals surface area contributed by atoms with Gasteiger partial charge in [0.15, 0.2) is 5.65 Å². The summed E-state index contributed by atoms with van der Waals surface area (Å²) in [6.45, 7) is 0.565. The first kappa shape index (κ1) is 16.5. The molecule has 134 valence electrons. The van der Waals surface area contributed by atoms with Gasteiger partial charge in [0, 0.05) is 36.9 Å². The zero-order valence-corrected chi connectivity index (χ0v) is 14.2. The summed E-state index contributed by atoms with van der Waals surface area (Å²) in [5.41, 5.74) is 2.28. The molecule has 27 heavy (non-hydrogen) atoms. The van der Waals surface area contributed by atoms with Gasteiger partial charge < -0.3 is 15.7 Å². The van der Waals surface area contributed by atoms with E-state index in [-0.39, 0.29) is 11.7 Å². The Balaban J connectivity index is 1.55. The Labute approximate surface area is 154 Å². The van der Waals surface area contributed by atoms with E-state index in [1.165, 1.54) is 22.8 Å². The lowest BCUT2D eigenvalue weighted by atomic mass is 10.2. The molecule has 8 nitrogen and oxygen atoms in total. The molecule has 4 aromatic rings. The van der Waals surface area contributed by atoms with E-state index >= 15 is 0 Å². The minimum absolute atomic E-state index is 0.0766. The summed E-state index contributed by atoms with van der Waals surface area (Å²) in [6.07, 6.45) is 6.69. The lowest BCUT2D eigenvalue weighted by molar-refractivity contribution is 0.102. The highest BCUT2D eigenvalue weighted by molar-refractivity contribution is 6.08. The molecule has 4 rings (SSSR count). The number of anilines is 2. The van der Waals surface area contributed by atoms with Gasteiger partial charge in [0.2, 0.25) is 0 Å². The van der Waals surface area contributed by atoms with Crippen molar-refractivity contribution in [2.45, 2.75) is 6.54 Å². The molecular weight excluding hydrogens is 344 g/mol. The first-order valence-electron chi connectivity index (χ1n) is 8.26. The van der Waals surface area contributed by atoms with Gasteiger partial charge in [-0.25, -0.2) is 9.50 Å². The zero-order chi connectivity index (χ0) is 18.6. The lowest BCUT2D eigenvalue weighted by Gasteiger charge is -2.07. The number of hydrogen-bond acceptors (Lipinski definition) is 6. The minimum atomic E-state index is -0.354. The molecule has 0 spiro atoms. The maximum atomic E-state index is 12.6. The SMILES string of the molecule is O=C(Nc1cccc(O)c1)c1cnn2ccc(NCc3cccnc3)nc12. The minimum Gasteiger partial charge on any atom is -0.508 e. The third-order valence-corrected chi connectivity index (χ3v) is 3.91. The molecule has 0 saturated heterocycles. The predicted octanol–water partition coefficient (Wildman–Crippen LogP) is 2.69. The van der Waals surface area contributed by atoms with Gasteiger partial charge in [-0.05, 0) is 29.8 Å². The van der Waals surface area contributed by atoms with Crippen LogP contribution in [0.1, 0.15) is 15.9 Å². The molecule has 0 aliphatic rings. The van der Waals surface area contributed by atoms with Crippen molar-refractivity contribution in [1.29, 1.82) is 0 Å². The van der Waals surface area contributed by atoms with Gasteiger partial charge in [0.25, 0.3) is 5.91 Å². The molecule has 1 amide bonds. The largest absolute Gasteiger partial charge is 0.508 e. The number of nitrogens with one attached hydrogen (secondary N) is 2. The van der Waals surface area contributed by atoms with E-state index in [1.807, 2.05) is 12.1 Å². The molecule has 0 aliphatic carbocycles. The van der Waals surface area contributed by atoms with Crippen LogP contribution in [0.2, 0.25) is 0 Å². The highest BCUT2D eigenvalue weighted by Crippen LogP contribution is 2.18. The van der Waals surface area contributed by atoms with E-state index in [0.29, 0.717) is 29.3 Å². The van der Waals surface area contributed by atoms with Crippen molar-refractivity contribution in [3.8, 4) is 5.75 Å². The van der Waals surface area contributed by atoms with Crippen molar-refractivity contribution in [2.24, 2.45) is 0 Å². The number of aromatic hydroxyl groups is 1. The third-order valence-electron chi connectivity index (χ3n) is 3.91. The van der Waals surface area contributed by atoms with Gasteiger partial charge in [-0.3, -0.25) is 9.78 Å². The Hall–Kier alpha value is -3.94. The standard InChI is InChI=1S/C19H16N6O2/c26-15-5-1-4-14(9-15)23-19(27)16-12-22-25-8-6-17(24-18(16)25)21-11-13-3-2-7-20-10-13/h1-10,12,26H,11H2,(H,21,24)(H,23,27). The topological polar surface area (TPSA) is 104 Å². The number of benzene rings is 1. The van der Waals surface area contributed by atoms with Crippen LogP contribution < -0.4 is 10.6 Å². The van der Waals surface area contributed by atoms with Crippen LogP contribution in [0, 0.1) is 0 Å². The summed E-state index contributed by atoms with van der Waals surface area (Å²) < 4.78 is 1.53. The number of carbonyl (C=O) groups is 1. The molecule has 0 bridgehead atoms. The van der Waals surface area contributed by atoms with E-state index in [1.54, 1.807) is 36.8 Å². The first-order chi connectivity index (χ1) is 13.2. The predicted molar refractivity (Wildman–Crippen MR) is 101 cm³/mol. The van der Waals surface area contributed by atoms with Crippen LogP contribution in [-0.2, 0) is 6.54 Å². The first-order valence-corrected chi connectivity index (χ1v) is 8.26. The van der Waals surface area contributed by atoms with Crippen LogP contribution >= 0.6 is 0 Å². The number of pyridine rings is 1. The maximum absolute atomic E-state index is 12.6. The molecule has 3 N–H and O–H groups in total. The number of nitrogens with zero attached hydrogens (tertiary/aromatic N) is 4. The zero-order valence-electron chi connectivity index (χ0n) is 14.2. The Bertz CT molecular complexity index is 1090. The second-order valence-corrected chi connectivity index (χ2v) is 5.86. The van der Waals surface area contributed by atoms with Crippen LogP contribution in [0.25, 0.3) is 5.65 Å². The van der Waals surface area contributed by atoms with Crippen molar-refractivity contribution in [1.82, 2.24) is 19.6 Å². The van der Waals surface area contributed by atoms with Gasteiger partial charge in [-0.15, -0.1) is 0 Å². The monoisotopic (exact) mass is 360 g/mol. The van der Waals surface area contributed by atoms with Crippen LogP contribution in [0.3, 0.4) is 0 Å². The van der Waals surface area contributed by atoms with Crippen molar-refractivity contribution in [2.75, 3.05) is 10.6 Å². The maximum Gasteiger partial charge on any atom is 0.261 e. The van der Waals surface area contributed by atoms with Crippen LogP contribution in [0.15, 0.2) is 67.3 Å². The quantitative estimate of drug-likeness (QED) is 0.505. The summed E-state index contributed by atoms with van der Waals surface area (Å²) in [4.78, 5) is 21.1. The third kappa shape index (κ3) is 3.69. The summed E-state index contributed by atoms with van der Waals surface area (Å²) in [5.74, 6) is 0.346. The van der Waals surface area contributed by atoms with Gasteiger partial charge in [0.1, 0.15) is 17.1 Å².